The number of rotatable bonds is 7. The van der Waals surface area contributed by atoms with Crippen LogP contribution in [0.15, 0.2) is 0 Å². The lowest BCUT2D eigenvalue weighted by Gasteiger charge is -2.32. The van der Waals surface area contributed by atoms with Gasteiger partial charge in [-0.2, -0.15) is 17.4 Å². The summed E-state index contributed by atoms with van der Waals surface area (Å²) < 4.78 is 28.9. The SMILES string of the molecule is CC(C)CC(CN)NS(=O)(=O)N(C)C1CCCCC1. The molecule has 0 aliphatic heterocycles. The van der Waals surface area contributed by atoms with E-state index < -0.39 is 10.2 Å². The molecule has 0 saturated heterocycles. The lowest BCUT2D eigenvalue weighted by atomic mass is 9.96. The molecular formula is C13H29N3O2S. The van der Waals surface area contributed by atoms with Crippen LogP contribution in [0.2, 0.25) is 0 Å². The monoisotopic (exact) mass is 291 g/mol. The molecule has 1 rings (SSSR count). The van der Waals surface area contributed by atoms with Crippen LogP contribution in [0.1, 0.15) is 52.4 Å². The van der Waals surface area contributed by atoms with Crippen molar-refractivity contribution in [1.29, 1.82) is 0 Å². The summed E-state index contributed by atoms with van der Waals surface area (Å²) in [5, 5.41) is 0. The average Bonchev–Trinajstić information content (AvgIpc) is 2.37. The molecule has 0 aromatic carbocycles. The molecule has 1 unspecified atom stereocenters. The Morgan fingerprint density at radius 3 is 2.32 bits per heavy atom. The highest BCUT2D eigenvalue weighted by Gasteiger charge is 2.29. The van der Waals surface area contributed by atoms with E-state index in [4.69, 9.17) is 5.73 Å². The van der Waals surface area contributed by atoms with E-state index in [1.807, 2.05) is 0 Å². The fourth-order valence-electron chi connectivity index (χ4n) is 2.70. The van der Waals surface area contributed by atoms with Crippen molar-refractivity contribution >= 4 is 10.2 Å². The molecule has 5 nitrogen and oxygen atoms in total. The van der Waals surface area contributed by atoms with E-state index in [1.165, 1.54) is 10.7 Å². The van der Waals surface area contributed by atoms with Crippen molar-refractivity contribution in [3.05, 3.63) is 0 Å². The van der Waals surface area contributed by atoms with Crippen molar-refractivity contribution < 1.29 is 8.42 Å². The molecule has 1 saturated carbocycles. The topological polar surface area (TPSA) is 75.4 Å². The Hall–Kier alpha value is -0.170. The largest absolute Gasteiger partial charge is 0.329 e. The van der Waals surface area contributed by atoms with E-state index in [-0.39, 0.29) is 12.1 Å². The van der Waals surface area contributed by atoms with Crippen molar-refractivity contribution in [2.45, 2.75) is 64.5 Å². The van der Waals surface area contributed by atoms with Gasteiger partial charge in [-0.3, -0.25) is 0 Å². The summed E-state index contributed by atoms with van der Waals surface area (Å²) in [7, 11) is -1.73. The third-order valence-electron chi connectivity index (χ3n) is 3.82. The van der Waals surface area contributed by atoms with E-state index in [2.05, 4.69) is 18.6 Å². The first-order chi connectivity index (χ1) is 8.86. The highest BCUT2D eigenvalue weighted by Crippen LogP contribution is 2.23. The van der Waals surface area contributed by atoms with Crippen LogP contribution in [0.3, 0.4) is 0 Å². The summed E-state index contributed by atoms with van der Waals surface area (Å²) in [4.78, 5) is 0. The van der Waals surface area contributed by atoms with Crippen LogP contribution in [-0.2, 0) is 10.2 Å². The van der Waals surface area contributed by atoms with Gasteiger partial charge < -0.3 is 5.73 Å². The van der Waals surface area contributed by atoms with Crippen molar-refractivity contribution in [3.8, 4) is 0 Å². The Morgan fingerprint density at radius 1 is 1.26 bits per heavy atom. The molecule has 19 heavy (non-hydrogen) atoms. The van der Waals surface area contributed by atoms with Gasteiger partial charge >= 0.3 is 0 Å². The second-order valence-electron chi connectivity index (χ2n) is 5.99. The number of hydrogen-bond acceptors (Lipinski definition) is 3. The summed E-state index contributed by atoms with van der Waals surface area (Å²) in [6.07, 6.45) is 6.17. The standard InChI is InChI=1S/C13H29N3O2S/c1-11(2)9-12(10-14)15-19(17,18)16(3)13-7-5-4-6-8-13/h11-13,15H,4-10,14H2,1-3H3. The summed E-state index contributed by atoms with van der Waals surface area (Å²) in [6, 6.07) is -0.0280. The zero-order chi connectivity index (χ0) is 14.5. The molecule has 0 amide bonds. The maximum absolute atomic E-state index is 12.3. The summed E-state index contributed by atoms with van der Waals surface area (Å²) in [6.45, 7) is 4.49. The maximum Gasteiger partial charge on any atom is 0.279 e. The van der Waals surface area contributed by atoms with Crippen LogP contribution in [0.4, 0.5) is 0 Å². The smallest absolute Gasteiger partial charge is 0.279 e. The van der Waals surface area contributed by atoms with Crippen LogP contribution >= 0.6 is 0 Å². The minimum Gasteiger partial charge on any atom is -0.329 e. The molecule has 0 aromatic rings. The van der Waals surface area contributed by atoms with E-state index in [0.29, 0.717) is 12.5 Å². The second kappa shape index (κ2) is 7.57. The first-order valence-corrected chi connectivity index (χ1v) is 8.76. The van der Waals surface area contributed by atoms with Crippen molar-refractivity contribution in [1.82, 2.24) is 9.03 Å². The van der Waals surface area contributed by atoms with Gasteiger partial charge in [-0.05, 0) is 25.2 Å². The zero-order valence-corrected chi connectivity index (χ0v) is 13.2. The van der Waals surface area contributed by atoms with Gasteiger partial charge in [-0.1, -0.05) is 33.1 Å². The molecule has 0 aromatic heterocycles. The van der Waals surface area contributed by atoms with E-state index >= 15 is 0 Å². The molecule has 1 aliphatic rings. The maximum atomic E-state index is 12.3. The third-order valence-corrected chi connectivity index (χ3v) is 5.51. The van der Waals surface area contributed by atoms with E-state index in [0.717, 1.165) is 32.1 Å². The Labute approximate surface area is 118 Å². The van der Waals surface area contributed by atoms with Gasteiger partial charge in [0.2, 0.25) is 0 Å². The third kappa shape index (κ3) is 5.38. The number of nitrogens with one attached hydrogen (secondary N) is 1. The van der Waals surface area contributed by atoms with Crippen molar-refractivity contribution in [3.63, 3.8) is 0 Å². The van der Waals surface area contributed by atoms with Crippen LogP contribution in [0, 0.1) is 5.92 Å². The molecule has 0 radical (unpaired) electrons. The molecular weight excluding hydrogens is 262 g/mol. The molecule has 1 aliphatic carbocycles. The minimum atomic E-state index is -3.41. The van der Waals surface area contributed by atoms with Gasteiger partial charge in [-0.15, -0.1) is 0 Å². The second-order valence-corrected chi connectivity index (χ2v) is 7.75. The van der Waals surface area contributed by atoms with Crippen LogP contribution in [0.5, 0.6) is 0 Å². The fraction of sp³-hybridized carbons (Fsp3) is 1.00. The van der Waals surface area contributed by atoms with Crippen molar-refractivity contribution in [2.24, 2.45) is 11.7 Å². The normalized spacial score (nSPS) is 20.1. The molecule has 1 fully saturated rings. The summed E-state index contributed by atoms with van der Waals surface area (Å²) in [5.74, 6) is 0.427. The predicted octanol–water partition coefficient (Wildman–Crippen LogP) is 1.46. The average molecular weight is 291 g/mol. The van der Waals surface area contributed by atoms with Crippen LogP contribution in [-0.4, -0.2) is 38.4 Å². The predicted molar refractivity (Wildman–Crippen MR) is 79.0 cm³/mol. The van der Waals surface area contributed by atoms with Crippen molar-refractivity contribution in [2.75, 3.05) is 13.6 Å². The molecule has 1 atom stereocenters. The number of nitrogens with zero attached hydrogens (tertiary/aromatic N) is 1. The molecule has 0 heterocycles. The van der Waals surface area contributed by atoms with Gasteiger partial charge in [0.25, 0.3) is 10.2 Å². The van der Waals surface area contributed by atoms with Gasteiger partial charge in [0, 0.05) is 25.7 Å². The highest BCUT2D eigenvalue weighted by atomic mass is 32.2. The van der Waals surface area contributed by atoms with Gasteiger partial charge in [0.15, 0.2) is 0 Å². The Balaban J connectivity index is 2.62. The molecule has 6 heteroatoms. The lowest BCUT2D eigenvalue weighted by Crippen LogP contribution is -2.50. The minimum absolute atomic E-state index is 0.142. The Bertz CT molecular complexity index is 351. The quantitative estimate of drug-likeness (QED) is 0.745. The molecule has 114 valence electrons. The van der Waals surface area contributed by atoms with Crippen LogP contribution < -0.4 is 10.5 Å². The Kier molecular flexibility index (Phi) is 6.73. The molecule has 3 N–H and O–H groups in total. The first-order valence-electron chi connectivity index (χ1n) is 7.32. The molecule has 0 bridgehead atoms. The van der Waals surface area contributed by atoms with Gasteiger partial charge in [0.1, 0.15) is 0 Å². The fourth-order valence-corrected chi connectivity index (χ4v) is 4.08. The van der Waals surface area contributed by atoms with Crippen LogP contribution in [0.25, 0.3) is 0 Å². The van der Waals surface area contributed by atoms with Gasteiger partial charge in [0.05, 0.1) is 0 Å². The van der Waals surface area contributed by atoms with E-state index in [9.17, 15) is 8.42 Å². The first kappa shape index (κ1) is 16.9. The highest BCUT2D eigenvalue weighted by molar-refractivity contribution is 7.87. The number of nitrogens with two attached hydrogens (primary N) is 1. The summed E-state index contributed by atoms with van der Waals surface area (Å²) >= 11 is 0. The summed E-state index contributed by atoms with van der Waals surface area (Å²) in [5.41, 5.74) is 5.66. The van der Waals surface area contributed by atoms with Gasteiger partial charge in [-0.25, -0.2) is 0 Å². The lowest BCUT2D eigenvalue weighted by molar-refractivity contribution is 0.280. The molecule has 0 spiro atoms. The number of hydrogen-bond donors (Lipinski definition) is 2. The zero-order valence-electron chi connectivity index (χ0n) is 12.4. The Morgan fingerprint density at radius 2 is 1.84 bits per heavy atom. The van der Waals surface area contributed by atoms with E-state index in [1.54, 1.807) is 7.05 Å².